The Morgan fingerprint density at radius 2 is 0.893 bits per heavy atom. The first-order chi connectivity index (χ1) is 31.5. The van der Waals surface area contributed by atoms with E-state index in [0.29, 0.717) is 34.1 Å². The van der Waals surface area contributed by atoms with E-state index >= 15 is 0 Å². The number of fused-ring (bicyclic) bond motifs is 7. The zero-order chi connectivity index (χ0) is 44.8. The van der Waals surface area contributed by atoms with Crippen LogP contribution in [0, 0.1) is 0 Å². The van der Waals surface area contributed by atoms with Crippen LogP contribution in [0.25, 0.3) is 100 Å². The third-order valence-corrected chi connectivity index (χ3v) is 10.2. The van der Waals surface area contributed by atoms with E-state index in [1.165, 1.54) is 0 Å². The average molecular weight is 725 g/mol. The number of aromatic nitrogens is 5. The zero-order valence-corrected chi connectivity index (χ0v) is 29.6. The largest absolute Gasteiger partial charge is 0.309 e. The molecule has 0 spiro atoms. The van der Waals surface area contributed by atoms with Crippen molar-refractivity contribution in [2.75, 3.05) is 0 Å². The van der Waals surface area contributed by atoms with E-state index in [2.05, 4.69) is 24.3 Å². The zero-order valence-electron chi connectivity index (χ0n) is 38.6. The van der Waals surface area contributed by atoms with Crippen molar-refractivity contribution in [2.24, 2.45) is 0 Å². The Hall–Kier alpha value is -7.63. The van der Waals surface area contributed by atoms with Gasteiger partial charge in [-0.25, -0.2) is 4.98 Å². The van der Waals surface area contributed by atoms with E-state index in [-0.39, 0.29) is 11.3 Å². The molecule has 0 aliphatic heterocycles. The Bertz CT molecular complexity index is 3700. The van der Waals surface area contributed by atoms with Crippen LogP contribution >= 0.6 is 0 Å². The summed E-state index contributed by atoms with van der Waals surface area (Å²) in [6.45, 7) is 0. The number of para-hydroxylation sites is 2. The minimum Gasteiger partial charge on any atom is -0.309 e. The minimum absolute atomic E-state index is 0.0561. The lowest BCUT2D eigenvalue weighted by molar-refractivity contribution is 0.953. The second-order valence-corrected chi connectivity index (χ2v) is 13.4. The van der Waals surface area contributed by atoms with Crippen molar-refractivity contribution in [1.29, 1.82) is 0 Å². The molecule has 5 heteroatoms. The number of benzene rings is 8. The lowest BCUT2D eigenvalue weighted by atomic mass is 10.0. The molecule has 0 bridgehead atoms. The van der Waals surface area contributed by atoms with Crippen LogP contribution in [0.4, 0.5) is 0 Å². The van der Waals surface area contributed by atoms with Gasteiger partial charge in [0.2, 0.25) is 5.95 Å². The molecule has 11 aromatic rings. The molecule has 8 aromatic carbocycles. The molecule has 3 heterocycles. The molecule has 11 rings (SSSR count). The Morgan fingerprint density at radius 1 is 0.357 bits per heavy atom. The summed E-state index contributed by atoms with van der Waals surface area (Å²) >= 11 is 0. The summed E-state index contributed by atoms with van der Waals surface area (Å²) < 4.78 is 83.3. The maximum Gasteiger partial charge on any atom is 0.238 e. The van der Waals surface area contributed by atoms with Crippen LogP contribution in [-0.2, 0) is 0 Å². The molecule has 0 saturated heterocycles. The van der Waals surface area contributed by atoms with E-state index in [4.69, 9.17) is 21.8 Å². The first kappa shape index (κ1) is 23.9. The van der Waals surface area contributed by atoms with Gasteiger partial charge in [0, 0.05) is 38.4 Å². The molecular weight excluding hydrogens is 683 g/mol. The van der Waals surface area contributed by atoms with Crippen molar-refractivity contribution >= 4 is 43.6 Å². The fourth-order valence-corrected chi connectivity index (χ4v) is 7.63. The normalized spacial score (nSPS) is 13.8. The van der Waals surface area contributed by atoms with E-state index in [1.54, 1.807) is 4.57 Å². The molecule has 262 valence electrons. The summed E-state index contributed by atoms with van der Waals surface area (Å²) in [4.78, 5) is 15.3. The summed E-state index contributed by atoms with van der Waals surface area (Å²) in [6, 6.07) is 42.3. The van der Waals surface area contributed by atoms with Gasteiger partial charge in [0.05, 0.1) is 34.4 Å². The summed E-state index contributed by atoms with van der Waals surface area (Å²) in [7, 11) is 0. The Labute approximate surface area is 336 Å². The van der Waals surface area contributed by atoms with Crippen LogP contribution in [0.2, 0.25) is 0 Å². The van der Waals surface area contributed by atoms with Gasteiger partial charge >= 0.3 is 0 Å². The van der Waals surface area contributed by atoms with Crippen LogP contribution in [0.15, 0.2) is 200 Å². The molecule has 0 atom stereocenters. The number of hydrogen-bond donors (Lipinski definition) is 0. The van der Waals surface area contributed by atoms with Gasteiger partial charge in [-0.2, -0.15) is 9.97 Å². The molecule has 0 fully saturated rings. The first-order valence-electron chi connectivity index (χ1n) is 22.6. The molecule has 0 N–H and O–H groups in total. The van der Waals surface area contributed by atoms with Crippen molar-refractivity contribution in [1.82, 2.24) is 24.1 Å². The summed E-state index contributed by atoms with van der Waals surface area (Å²) in [5.74, 6) is 1.31. The summed E-state index contributed by atoms with van der Waals surface area (Å²) in [5, 5.41) is 3.16. The van der Waals surface area contributed by atoms with Crippen molar-refractivity contribution < 1.29 is 12.3 Å². The van der Waals surface area contributed by atoms with Gasteiger partial charge < -0.3 is 4.57 Å². The SMILES string of the molecule is [2H]c1c([2H])c([2H])c(-c2c([2H])c([2H])c(-n3c4ccccc4c4ccc5c(c6ccccc6n5-c5nc(-c6ccccc6)nc(-c6ccc(-c7ccccc7)cc6)n5)c43)c([2H])c2[2H])c([2H])c1[2H]. The highest BCUT2D eigenvalue weighted by Crippen LogP contribution is 2.42. The van der Waals surface area contributed by atoms with Crippen LogP contribution in [0.1, 0.15) is 12.3 Å². The third-order valence-electron chi connectivity index (χ3n) is 10.2. The van der Waals surface area contributed by atoms with Crippen LogP contribution in [0.5, 0.6) is 0 Å². The standard InChI is InChI=1S/C51H33N5/c1-4-14-34(15-5-1)36-24-26-39(27-25-36)50-52-49(38-18-8-3-9-19-38)53-51(54-50)56-45-23-13-11-21-43(45)47-46(56)33-32-42-41-20-10-12-22-44(41)55(48(42)47)40-30-28-37(29-31-40)35-16-6-2-7-17-35/h1-33H/i2D,6D,7D,16D,17D,28D,29D,30D,31D. The number of nitrogens with zero attached hydrogens (tertiary/aromatic N) is 5. The molecule has 56 heavy (non-hydrogen) atoms. The van der Waals surface area contributed by atoms with E-state index < -0.39 is 59.9 Å². The smallest absolute Gasteiger partial charge is 0.238 e. The molecule has 3 aromatic heterocycles. The van der Waals surface area contributed by atoms with Gasteiger partial charge in [-0.15, -0.1) is 0 Å². The predicted octanol–water partition coefficient (Wildman–Crippen LogP) is 12.7. The second-order valence-electron chi connectivity index (χ2n) is 13.4. The summed E-state index contributed by atoms with van der Waals surface area (Å²) in [6.07, 6.45) is 0. The second kappa shape index (κ2) is 13.0. The van der Waals surface area contributed by atoms with Gasteiger partial charge in [-0.3, -0.25) is 4.57 Å². The van der Waals surface area contributed by atoms with E-state index in [1.807, 2.05) is 126 Å². The molecule has 5 nitrogen and oxygen atoms in total. The van der Waals surface area contributed by atoms with E-state index in [9.17, 15) is 5.48 Å². The van der Waals surface area contributed by atoms with Crippen LogP contribution in [0.3, 0.4) is 0 Å². The summed E-state index contributed by atoms with van der Waals surface area (Å²) in [5.41, 5.74) is 5.64. The van der Waals surface area contributed by atoms with Crippen molar-refractivity contribution in [2.45, 2.75) is 0 Å². The molecule has 0 aliphatic carbocycles. The maximum absolute atomic E-state index is 9.53. The topological polar surface area (TPSA) is 48.5 Å². The van der Waals surface area contributed by atoms with Gasteiger partial charge in [0.15, 0.2) is 11.6 Å². The quantitative estimate of drug-likeness (QED) is 0.172. The molecule has 0 unspecified atom stereocenters. The van der Waals surface area contributed by atoms with Crippen molar-refractivity contribution in [3.8, 4) is 56.7 Å². The van der Waals surface area contributed by atoms with Crippen LogP contribution < -0.4 is 0 Å². The van der Waals surface area contributed by atoms with Gasteiger partial charge in [-0.05, 0) is 52.5 Å². The molecule has 0 saturated carbocycles. The number of rotatable bonds is 6. The Kier molecular flexibility index (Phi) is 5.57. The highest BCUT2D eigenvalue weighted by atomic mass is 15.2. The molecular formula is C51H33N5. The van der Waals surface area contributed by atoms with E-state index in [0.717, 1.165) is 49.3 Å². The Balaban J connectivity index is 1.20. The van der Waals surface area contributed by atoms with Gasteiger partial charge in [-0.1, -0.05) is 170 Å². The monoisotopic (exact) mass is 724 g/mol. The third kappa shape index (κ3) is 5.21. The molecule has 0 amide bonds. The molecule has 0 radical (unpaired) electrons. The lowest BCUT2D eigenvalue weighted by Crippen LogP contribution is -2.06. The predicted molar refractivity (Wildman–Crippen MR) is 230 cm³/mol. The number of hydrogen-bond acceptors (Lipinski definition) is 3. The highest BCUT2D eigenvalue weighted by Gasteiger charge is 2.23. The highest BCUT2D eigenvalue weighted by molar-refractivity contribution is 6.26. The van der Waals surface area contributed by atoms with Crippen molar-refractivity contribution in [3.05, 3.63) is 200 Å². The fraction of sp³-hybridized carbons (Fsp3) is 0. The molecule has 0 aliphatic rings. The first-order valence-corrected chi connectivity index (χ1v) is 18.1. The van der Waals surface area contributed by atoms with Crippen molar-refractivity contribution in [3.63, 3.8) is 0 Å². The Morgan fingerprint density at radius 3 is 1.59 bits per heavy atom. The van der Waals surface area contributed by atoms with Crippen LogP contribution in [-0.4, -0.2) is 24.1 Å². The maximum atomic E-state index is 9.53. The lowest BCUT2D eigenvalue weighted by Gasteiger charge is -2.12. The van der Waals surface area contributed by atoms with Gasteiger partial charge in [0.25, 0.3) is 0 Å². The average Bonchev–Trinajstić information content (AvgIpc) is 3.86. The fourth-order valence-electron chi connectivity index (χ4n) is 7.63. The minimum atomic E-state index is -0.634. The van der Waals surface area contributed by atoms with Gasteiger partial charge in [0.1, 0.15) is 0 Å².